The van der Waals surface area contributed by atoms with Gasteiger partial charge in [0.15, 0.2) is 25.1 Å². The quantitative estimate of drug-likeness (QED) is 0.145. The number of aryl methyl sites for hydroxylation is 2. The number of hydrogen-bond donors (Lipinski definition) is 0. The van der Waals surface area contributed by atoms with Gasteiger partial charge in [0.05, 0.1) is 27.6 Å². The van der Waals surface area contributed by atoms with E-state index in [1.165, 1.54) is 0 Å². The minimum atomic E-state index is 0.168. The van der Waals surface area contributed by atoms with Gasteiger partial charge in [0.25, 0.3) is 0 Å². The first-order valence-corrected chi connectivity index (χ1v) is 16.0. The second kappa shape index (κ2) is 12.3. The Morgan fingerprint density at radius 1 is 0.756 bits per heavy atom. The molecule has 12 nitrogen and oxygen atoms in total. The molecule has 0 unspecified atom stereocenters. The average molecular weight is 710 g/mol. The highest BCUT2D eigenvalue weighted by Gasteiger charge is 2.17. The molecular weight excluding hydrogens is 684 g/mol. The minimum absolute atomic E-state index is 0.168. The summed E-state index contributed by atoms with van der Waals surface area (Å²) in [4.78, 5) is 10.8. The van der Waals surface area contributed by atoms with E-state index in [0.29, 0.717) is 17.3 Å². The highest BCUT2D eigenvalue weighted by atomic mass is 79.9. The van der Waals surface area contributed by atoms with Crippen molar-refractivity contribution in [1.29, 1.82) is 0 Å². The molecule has 230 valence electrons. The monoisotopic (exact) mass is 708 g/mol. The van der Waals surface area contributed by atoms with Crippen LogP contribution in [-0.4, -0.2) is 57.0 Å². The largest absolute Gasteiger partial charge is 0.467 e. The molecule has 0 bridgehead atoms. The van der Waals surface area contributed by atoms with Gasteiger partial charge < -0.3 is 27.8 Å². The second-order valence-electron chi connectivity index (χ2n) is 9.73. The molecule has 6 aromatic heterocycles. The van der Waals surface area contributed by atoms with Gasteiger partial charge in [-0.2, -0.15) is 10.2 Å². The first-order valence-electron chi connectivity index (χ1n) is 13.5. The van der Waals surface area contributed by atoms with E-state index in [2.05, 4.69) is 36.1 Å². The summed E-state index contributed by atoms with van der Waals surface area (Å²) in [6.45, 7) is 4.28. The summed E-state index contributed by atoms with van der Waals surface area (Å²) in [5, 5.41) is 12.4. The highest BCUT2D eigenvalue weighted by Crippen LogP contribution is 2.38. The van der Waals surface area contributed by atoms with Crippen LogP contribution in [0.25, 0.3) is 54.8 Å². The summed E-state index contributed by atoms with van der Waals surface area (Å²) in [6.07, 6.45) is 3.73. The number of benzene rings is 2. The molecule has 0 spiro atoms. The van der Waals surface area contributed by atoms with Crippen molar-refractivity contribution in [3.8, 4) is 34.4 Å². The van der Waals surface area contributed by atoms with Crippen molar-refractivity contribution >= 4 is 70.5 Å². The first-order chi connectivity index (χ1) is 21.9. The van der Waals surface area contributed by atoms with Gasteiger partial charge in [0.1, 0.15) is 44.1 Å². The van der Waals surface area contributed by atoms with Crippen molar-refractivity contribution in [3.63, 3.8) is 0 Å². The maximum absolute atomic E-state index is 5.92. The Labute approximate surface area is 271 Å². The van der Waals surface area contributed by atoms with Crippen molar-refractivity contribution in [2.45, 2.75) is 13.8 Å². The number of imidazole rings is 2. The molecule has 0 aliphatic heterocycles. The van der Waals surface area contributed by atoms with E-state index >= 15 is 0 Å². The molecule has 0 amide bonds. The number of furan rings is 2. The van der Waals surface area contributed by atoms with Crippen LogP contribution in [0.2, 0.25) is 0 Å². The van der Waals surface area contributed by atoms with Crippen LogP contribution in [0.5, 0.6) is 11.5 Å². The number of halogens is 1. The predicted molar refractivity (Wildman–Crippen MR) is 174 cm³/mol. The molecule has 2 aromatic carbocycles. The van der Waals surface area contributed by atoms with Gasteiger partial charge in [-0.3, -0.25) is 0 Å². The van der Waals surface area contributed by atoms with E-state index in [-0.39, 0.29) is 13.6 Å². The molecule has 8 aromatic rings. The molecule has 15 heteroatoms. The molecule has 8 rings (SSSR count). The summed E-state index contributed by atoms with van der Waals surface area (Å²) >= 11 is 6.58. The fraction of sp³-hybridized carbons (Fsp3) is 0.200. The lowest BCUT2D eigenvalue weighted by atomic mass is 10.2. The zero-order valence-corrected chi connectivity index (χ0v) is 27.7. The molecule has 0 fully saturated rings. The van der Waals surface area contributed by atoms with E-state index in [1.54, 1.807) is 45.9 Å². The number of rotatable bonds is 8. The van der Waals surface area contributed by atoms with Crippen molar-refractivity contribution in [1.82, 2.24) is 29.2 Å². The smallest absolute Gasteiger partial charge is 0.212 e. The minimum Gasteiger partial charge on any atom is -0.467 e. The summed E-state index contributed by atoms with van der Waals surface area (Å²) in [5.41, 5.74) is 2.99. The van der Waals surface area contributed by atoms with Crippen LogP contribution in [-0.2, 0) is 9.47 Å². The SMILES string of the molecule is COCOc1c(Br)ccc2oc(-c3cn4nc(C)sc4n3)cc12.COCOc1cccc2oc(-c3cn4nc(C)sc4n3)cc12. The first kappa shape index (κ1) is 29.4. The van der Waals surface area contributed by atoms with Crippen molar-refractivity contribution in [3.05, 3.63) is 69.3 Å². The number of aromatic nitrogens is 6. The van der Waals surface area contributed by atoms with E-state index in [1.807, 2.05) is 68.7 Å². The van der Waals surface area contributed by atoms with Crippen LogP contribution in [0.4, 0.5) is 0 Å². The van der Waals surface area contributed by atoms with E-state index < -0.39 is 0 Å². The molecule has 6 heterocycles. The third-order valence-electron chi connectivity index (χ3n) is 6.57. The van der Waals surface area contributed by atoms with Crippen LogP contribution < -0.4 is 9.47 Å². The topological polar surface area (TPSA) is 124 Å². The number of ether oxygens (including phenoxy) is 4. The average Bonchev–Trinajstić information content (AvgIpc) is 3.85. The van der Waals surface area contributed by atoms with Crippen molar-refractivity contribution in [2.75, 3.05) is 27.8 Å². The van der Waals surface area contributed by atoms with E-state index in [0.717, 1.165) is 63.5 Å². The van der Waals surface area contributed by atoms with Gasteiger partial charge in [-0.05, 0) is 66.2 Å². The Morgan fingerprint density at radius 3 is 1.93 bits per heavy atom. The molecule has 0 radical (unpaired) electrons. The molecule has 0 aliphatic carbocycles. The maximum atomic E-state index is 5.92. The zero-order valence-electron chi connectivity index (χ0n) is 24.4. The van der Waals surface area contributed by atoms with E-state index in [9.17, 15) is 0 Å². The fourth-order valence-electron chi connectivity index (χ4n) is 4.70. The van der Waals surface area contributed by atoms with Gasteiger partial charge in [-0.1, -0.05) is 28.7 Å². The Hall–Kier alpha value is -4.28. The van der Waals surface area contributed by atoms with Gasteiger partial charge in [0.2, 0.25) is 9.92 Å². The predicted octanol–water partition coefficient (Wildman–Crippen LogP) is 7.75. The second-order valence-corrected chi connectivity index (χ2v) is 12.9. The molecule has 0 N–H and O–H groups in total. The summed E-state index contributed by atoms with van der Waals surface area (Å²) in [5.74, 6) is 2.79. The Bertz CT molecular complexity index is 2220. The van der Waals surface area contributed by atoms with Crippen LogP contribution >= 0.6 is 38.6 Å². The standard InChI is InChI=1S/C15H12BrN3O3S.C15H13N3O3S/c1-8-18-19-6-11(17-15(19)23-8)13-5-9-12(22-13)4-3-10(16)14(9)21-7-20-2;1-9-17-18-7-11(16-15(18)22-9)14-6-10-12(20-8-19-2)4-3-5-13(10)21-14/h3-6H,7H2,1-2H3;3-7H,8H2,1-2H3. The van der Waals surface area contributed by atoms with Gasteiger partial charge >= 0.3 is 0 Å². The van der Waals surface area contributed by atoms with Crippen LogP contribution in [0.3, 0.4) is 0 Å². The van der Waals surface area contributed by atoms with Gasteiger partial charge in [-0.15, -0.1) is 0 Å². The lowest BCUT2D eigenvalue weighted by molar-refractivity contribution is 0.0516. The zero-order chi connectivity index (χ0) is 31.1. The molecule has 0 aliphatic rings. The number of fused-ring (bicyclic) bond motifs is 4. The maximum Gasteiger partial charge on any atom is 0.212 e. The van der Waals surface area contributed by atoms with E-state index in [4.69, 9.17) is 27.8 Å². The normalized spacial score (nSPS) is 11.6. The van der Waals surface area contributed by atoms with Gasteiger partial charge in [-0.25, -0.2) is 19.0 Å². The third-order valence-corrected chi connectivity index (χ3v) is 8.87. The highest BCUT2D eigenvalue weighted by molar-refractivity contribution is 9.10. The lowest BCUT2D eigenvalue weighted by Gasteiger charge is -2.07. The third kappa shape index (κ3) is 5.80. The fourth-order valence-corrected chi connectivity index (χ4v) is 6.60. The summed E-state index contributed by atoms with van der Waals surface area (Å²) < 4.78 is 37.3. The number of methoxy groups -OCH3 is 2. The summed E-state index contributed by atoms with van der Waals surface area (Å²) in [6, 6.07) is 13.3. The lowest BCUT2D eigenvalue weighted by Crippen LogP contribution is -1.99. The van der Waals surface area contributed by atoms with Crippen LogP contribution in [0.1, 0.15) is 10.0 Å². The molecule has 0 saturated carbocycles. The number of hydrogen-bond acceptors (Lipinski definition) is 12. The number of nitrogens with zero attached hydrogens (tertiary/aromatic N) is 6. The Kier molecular flexibility index (Phi) is 8.01. The van der Waals surface area contributed by atoms with Crippen molar-refractivity contribution in [2.24, 2.45) is 0 Å². The van der Waals surface area contributed by atoms with Gasteiger partial charge in [0, 0.05) is 14.2 Å². The Balaban J connectivity index is 0.000000145. The molecule has 0 atom stereocenters. The van der Waals surface area contributed by atoms with Crippen LogP contribution in [0.15, 0.2) is 68.2 Å². The van der Waals surface area contributed by atoms with Crippen molar-refractivity contribution < 1.29 is 27.8 Å². The summed E-state index contributed by atoms with van der Waals surface area (Å²) in [7, 11) is 3.18. The molecular formula is C30H25BrN6O6S2. The van der Waals surface area contributed by atoms with Crippen LogP contribution in [0, 0.1) is 13.8 Å². The molecule has 0 saturated heterocycles. The molecule has 45 heavy (non-hydrogen) atoms. The Morgan fingerprint density at radius 2 is 1.33 bits per heavy atom.